The summed E-state index contributed by atoms with van der Waals surface area (Å²) in [7, 11) is 0. The van der Waals surface area contributed by atoms with Crippen molar-refractivity contribution in [1.29, 1.82) is 0 Å². The molecule has 0 aliphatic heterocycles. The topological polar surface area (TPSA) is 76.2 Å². The van der Waals surface area contributed by atoms with E-state index in [1.807, 2.05) is 70.4 Å². The number of nitrogens with zero attached hydrogens (tertiary/aromatic N) is 2. The number of aromatic nitrogens is 2. The van der Waals surface area contributed by atoms with Crippen LogP contribution in [0.1, 0.15) is 82.4 Å². The molecule has 4 aromatic heterocycles. The molecule has 0 amide bonds. The number of aliphatic hydroxyl groups excluding tert-OH is 1. The normalized spacial score (nSPS) is 13.3. The first-order chi connectivity index (χ1) is 20.4. The first-order valence-electron chi connectivity index (χ1n) is 15.4. The minimum absolute atomic E-state index is 0. The molecule has 4 heterocycles. The number of aryl methyl sites for hydroxylation is 3. The number of fused-ring (bicyclic) bond motifs is 6. The molecule has 0 saturated carbocycles. The van der Waals surface area contributed by atoms with Crippen molar-refractivity contribution in [2.24, 2.45) is 11.8 Å². The van der Waals surface area contributed by atoms with Gasteiger partial charge in [0.1, 0.15) is 0 Å². The number of pyridine rings is 2. The molecule has 5 aromatic rings. The molecule has 0 unspecified atom stereocenters. The Kier molecular flexibility index (Phi) is 11.3. The van der Waals surface area contributed by atoms with Crippen LogP contribution in [0.2, 0.25) is 0 Å². The van der Waals surface area contributed by atoms with E-state index in [2.05, 4.69) is 23.2 Å². The van der Waals surface area contributed by atoms with E-state index in [1.165, 1.54) is 47.4 Å². The van der Waals surface area contributed by atoms with Crippen LogP contribution >= 0.6 is 11.3 Å². The molecule has 1 radical (unpaired) electrons. The van der Waals surface area contributed by atoms with Crippen LogP contribution in [0.5, 0.6) is 0 Å². The summed E-state index contributed by atoms with van der Waals surface area (Å²) in [6.07, 6.45) is 11.9. The average Bonchev–Trinajstić information content (AvgIpc) is 3.56. The fraction of sp³-hybridized carbons (Fsp3) is 0.417. The average molecular weight is 774 g/mol. The SMILES string of the molecule is CCC(CC)C(=O)/C=C(\O)C(CC)CC.Cc1ccc2c(n1)oc1c(-c3cc4c5c(sc4cn3)CCCC5)[c-]ccc12.[Ir]. The summed E-state index contributed by atoms with van der Waals surface area (Å²) in [5, 5.41) is 13.2. The van der Waals surface area contributed by atoms with Crippen LogP contribution in [0.25, 0.3) is 43.4 Å². The number of thiophene rings is 1. The van der Waals surface area contributed by atoms with Gasteiger partial charge < -0.3 is 14.5 Å². The molecule has 229 valence electrons. The second-order valence-corrected chi connectivity index (χ2v) is 12.4. The van der Waals surface area contributed by atoms with E-state index in [9.17, 15) is 9.90 Å². The van der Waals surface area contributed by atoms with Gasteiger partial charge in [0.15, 0.2) is 5.78 Å². The smallest absolute Gasteiger partial charge is 0.216 e. The van der Waals surface area contributed by atoms with E-state index in [4.69, 9.17) is 9.40 Å². The van der Waals surface area contributed by atoms with Gasteiger partial charge in [0, 0.05) is 60.2 Å². The molecule has 0 bridgehead atoms. The molecule has 0 fully saturated rings. The molecule has 6 rings (SSSR count). The molecule has 7 heteroatoms. The Morgan fingerprint density at radius 1 is 1.02 bits per heavy atom. The Morgan fingerprint density at radius 3 is 2.47 bits per heavy atom. The van der Waals surface area contributed by atoms with Gasteiger partial charge in [-0.2, -0.15) is 0 Å². The maximum atomic E-state index is 11.7. The van der Waals surface area contributed by atoms with E-state index in [0.717, 1.165) is 59.0 Å². The number of carbonyl (C=O) groups excluding carboxylic acids is 1. The summed E-state index contributed by atoms with van der Waals surface area (Å²) < 4.78 is 7.44. The Labute approximate surface area is 272 Å². The van der Waals surface area contributed by atoms with Crippen LogP contribution in [-0.4, -0.2) is 20.9 Å². The minimum Gasteiger partial charge on any atom is -0.512 e. The second-order valence-electron chi connectivity index (χ2n) is 11.3. The van der Waals surface area contributed by atoms with Gasteiger partial charge in [-0.25, -0.2) is 4.98 Å². The third-order valence-electron chi connectivity index (χ3n) is 8.62. The predicted octanol–water partition coefficient (Wildman–Crippen LogP) is 10.1. The number of benzene rings is 1. The Morgan fingerprint density at radius 2 is 1.74 bits per heavy atom. The van der Waals surface area contributed by atoms with Crippen molar-refractivity contribution in [2.75, 3.05) is 0 Å². The van der Waals surface area contributed by atoms with E-state index in [1.54, 1.807) is 4.88 Å². The largest absolute Gasteiger partial charge is 0.512 e. The molecule has 1 N–H and O–H groups in total. The Balaban J connectivity index is 0.000000230. The van der Waals surface area contributed by atoms with Gasteiger partial charge >= 0.3 is 0 Å². The molecule has 0 atom stereocenters. The number of hydrogen-bond acceptors (Lipinski definition) is 6. The summed E-state index contributed by atoms with van der Waals surface area (Å²) in [5.41, 5.74) is 5.83. The van der Waals surface area contributed by atoms with Crippen LogP contribution in [0.15, 0.2) is 52.8 Å². The monoisotopic (exact) mass is 774 g/mol. The minimum atomic E-state index is 0. The number of rotatable bonds is 8. The quantitative estimate of drug-likeness (QED) is 0.0966. The van der Waals surface area contributed by atoms with Crippen LogP contribution in [0.4, 0.5) is 0 Å². The predicted molar refractivity (Wildman–Crippen MR) is 174 cm³/mol. The van der Waals surface area contributed by atoms with Crippen molar-refractivity contribution in [2.45, 2.75) is 86.0 Å². The van der Waals surface area contributed by atoms with Crippen LogP contribution < -0.4 is 0 Å². The number of aliphatic hydroxyl groups is 1. The van der Waals surface area contributed by atoms with Crippen LogP contribution in [0.3, 0.4) is 0 Å². The number of ketones is 1. The van der Waals surface area contributed by atoms with Gasteiger partial charge in [-0.1, -0.05) is 44.7 Å². The first-order valence-corrected chi connectivity index (χ1v) is 16.3. The molecule has 43 heavy (non-hydrogen) atoms. The van der Waals surface area contributed by atoms with E-state index >= 15 is 0 Å². The third-order valence-corrected chi connectivity index (χ3v) is 9.86. The van der Waals surface area contributed by atoms with E-state index in [-0.39, 0.29) is 43.5 Å². The molecule has 1 aliphatic rings. The molecule has 0 saturated heterocycles. The van der Waals surface area contributed by atoms with Crippen molar-refractivity contribution in [1.82, 2.24) is 9.97 Å². The van der Waals surface area contributed by atoms with Crippen molar-refractivity contribution in [3.63, 3.8) is 0 Å². The van der Waals surface area contributed by atoms with Gasteiger partial charge in [-0.05, 0) is 87.1 Å². The fourth-order valence-corrected chi connectivity index (χ4v) is 7.23. The number of carbonyl (C=O) groups is 1. The van der Waals surface area contributed by atoms with Gasteiger partial charge in [-0.15, -0.1) is 29.5 Å². The zero-order valence-electron chi connectivity index (χ0n) is 25.8. The van der Waals surface area contributed by atoms with Crippen molar-refractivity contribution < 1.29 is 34.4 Å². The third kappa shape index (κ3) is 6.95. The van der Waals surface area contributed by atoms with Gasteiger partial charge in [-0.3, -0.25) is 4.79 Å². The zero-order valence-corrected chi connectivity index (χ0v) is 29.0. The van der Waals surface area contributed by atoms with Crippen molar-refractivity contribution in [3.8, 4) is 11.3 Å². The van der Waals surface area contributed by atoms with Gasteiger partial charge in [0.05, 0.1) is 16.0 Å². The van der Waals surface area contributed by atoms with Gasteiger partial charge in [0.25, 0.3) is 0 Å². The molecule has 1 aliphatic carbocycles. The zero-order chi connectivity index (χ0) is 29.8. The van der Waals surface area contributed by atoms with Gasteiger partial charge in [0.2, 0.25) is 5.71 Å². The molecule has 5 nitrogen and oxygen atoms in total. The summed E-state index contributed by atoms with van der Waals surface area (Å²) in [4.78, 5) is 22.6. The maximum Gasteiger partial charge on any atom is 0.216 e. The van der Waals surface area contributed by atoms with Crippen LogP contribution in [0, 0.1) is 24.8 Å². The molecule has 1 aromatic carbocycles. The Bertz CT molecular complexity index is 1740. The maximum absolute atomic E-state index is 11.7. The summed E-state index contributed by atoms with van der Waals surface area (Å²) in [6, 6.07) is 13.7. The number of hydrogen-bond donors (Lipinski definition) is 1. The summed E-state index contributed by atoms with van der Waals surface area (Å²) in [5.74, 6) is 0.547. The summed E-state index contributed by atoms with van der Waals surface area (Å²) in [6.45, 7) is 10.1. The van der Waals surface area contributed by atoms with Crippen molar-refractivity contribution >= 4 is 49.3 Å². The summed E-state index contributed by atoms with van der Waals surface area (Å²) >= 11 is 1.91. The fourth-order valence-electron chi connectivity index (χ4n) is 5.99. The number of furan rings is 1. The molecule has 0 spiro atoms. The first kappa shape index (κ1) is 33.0. The Hall–Kier alpha value is -2.86. The van der Waals surface area contributed by atoms with Crippen LogP contribution in [-0.2, 0) is 37.7 Å². The standard InChI is InChI=1S/C23H17N2OS.C13H24O2.Ir/c1-13-9-10-16-15-6-4-7-17(22(15)26-23(16)25-13)19-11-18-14-5-2-3-8-20(14)27-21(18)12-24-19;1-5-10(6-2)12(14)9-13(15)11(7-3)8-4;/h4,6,9-12H,2-3,5,8H2,1H3;9-11,14H,5-8H2,1-4H3;/q-1;;/b;12-9-;. The molecular weight excluding hydrogens is 733 g/mol. The molecular formula is C36H41IrN2O3S-. The second kappa shape index (κ2) is 14.7. The number of allylic oxidation sites excluding steroid dienone is 2. The van der Waals surface area contributed by atoms with E-state index in [0.29, 0.717) is 5.71 Å². The van der Waals surface area contributed by atoms with E-state index < -0.39 is 0 Å². The van der Waals surface area contributed by atoms with Crippen molar-refractivity contribution in [3.05, 3.63) is 70.6 Å².